The van der Waals surface area contributed by atoms with Gasteiger partial charge in [-0.3, -0.25) is 4.79 Å². The van der Waals surface area contributed by atoms with Gasteiger partial charge in [0, 0.05) is 5.69 Å². The molecule has 0 unspecified atom stereocenters. The molecule has 0 saturated heterocycles. The van der Waals surface area contributed by atoms with E-state index in [4.69, 9.17) is 4.74 Å². The van der Waals surface area contributed by atoms with Crippen molar-refractivity contribution >= 4 is 11.6 Å². The van der Waals surface area contributed by atoms with Gasteiger partial charge < -0.3 is 10.1 Å². The van der Waals surface area contributed by atoms with Gasteiger partial charge in [0.05, 0.1) is 12.0 Å². The van der Waals surface area contributed by atoms with E-state index in [-0.39, 0.29) is 11.3 Å². The van der Waals surface area contributed by atoms with Crippen LogP contribution in [0.1, 0.15) is 31.7 Å². The molecule has 0 aromatic heterocycles. The fraction of sp³-hybridized carbons (Fsp3) is 0.316. The van der Waals surface area contributed by atoms with E-state index >= 15 is 0 Å². The Kier molecular flexibility index (Phi) is 4.14. The van der Waals surface area contributed by atoms with Gasteiger partial charge in [0.1, 0.15) is 5.75 Å². The lowest BCUT2D eigenvalue weighted by molar-refractivity contribution is -0.118. The predicted molar refractivity (Wildman–Crippen MR) is 88.2 cm³/mol. The van der Waals surface area contributed by atoms with Crippen LogP contribution >= 0.6 is 0 Å². The highest BCUT2D eigenvalue weighted by molar-refractivity contribution is 6.01. The molecule has 2 aromatic rings. The predicted octanol–water partition coefficient (Wildman–Crippen LogP) is 4.15. The van der Waals surface area contributed by atoms with Crippen LogP contribution in [-0.4, -0.2) is 12.5 Å². The molecule has 0 heterocycles. The SMILES string of the molecule is CCCOc1ccc(NC(=O)C2(c3ccccc3)CC2)cc1. The normalized spacial score (nSPS) is 15.1. The lowest BCUT2D eigenvalue weighted by Gasteiger charge is -2.16. The molecule has 0 spiro atoms. The quantitative estimate of drug-likeness (QED) is 0.869. The van der Waals surface area contributed by atoms with E-state index in [1.54, 1.807) is 0 Å². The van der Waals surface area contributed by atoms with Crippen molar-refractivity contribution in [3.63, 3.8) is 0 Å². The number of ether oxygens (including phenoxy) is 1. The van der Waals surface area contributed by atoms with Crippen molar-refractivity contribution in [2.45, 2.75) is 31.6 Å². The van der Waals surface area contributed by atoms with E-state index in [0.29, 0.717) is 6.61 Å². The second kappa shape index (κ2) is 6.22. The highest BCUT2D eigenvalue weighted by atomic mass is 16.5. The van der Waals surface area contributed by atoms with Gasteiger partial charge in [-0.1, -0.05) is 37.3 Å². The van der Waals surface area contributed by atoms with E-state index in [1.807, 2.05) is 54.6 Å². The van der Waals surface area contributed by atoms with Crippen molar-refractivity contribution in [1.82, 2.24) is 0 Å². The van der Waals surface area contributed by atoms with Gasteiger partial charge in [0.2, 0.25) is 5.91 Å². The molecule has 1 aliphatic rings. The van der Waals surface area contributed by atoms with Gasteiger partial charge in [0.15, 0.2) is 0 Å². The van der Waals surface area contributed by atoms with E-state index < -0.39 is 0 Å². The number of anilines is 1. The first-order valence-electron chi connectivity index (χ1n) is 7.84. The summed E-state index contributed by atoms with van der Waals surface area (Å²) in [5, 5.41) is 3.03. The fourth-order valence-corrected chi connectivity index (χ4v) is 2.63. The third kappa shape index (κ3) is 2.98. The Morgan fingerprint density at radius 1 is 1.09 bits per heavy atom. The maximum Gasteiger partial charge on any atom is 0.235 e. The molecule has 3 rings (SSSR count). The summed E-state index contributed by atoms with van der Waals surface area (Å²) >= 11 is 0. The fourth-order valence-electron chi connectivity index (χ4n) is 2.63. The van der Waals surface area contributed by atoms with Gasteiger partial charge in [-0.05, 0) is 49.1 Å². The minimum Gasteiger partial charge on any atom is -0.494 e. The topological polar surface area (TPSA) is 38.3 Å². The van der Waals surface area contributed by atoms with Gasteiger partial charge in [-0.2, -0.15) is 0 Å². The molecular weight excluding hydrogens is 274 g/mol. The van der Waals surface area contributed by atoms with Crippen LogP contribution in [0.4, 0.5) is 5.69 Å². The minimum atomic E-state index is -0.335. The second-order valence-electron chi connectivity index (χ2n) is 5.78. The summed E-state index contributed by atoms with van der Waals surface area (Å²) < 4.78 is 5.55. The molecule has 1 N–H and O–H groups in total. The standard InChI is InChI=1S/C19H21NO2/c1-2-14-22-17-10-8-16(9-11-17)20-18(21)19(12-13-19)15-6-4-3-5-7-15/h3-11H,2,12-14H2,1H3,(H,20,21). The summed E-state index contributed by atoms with van der Waals surface area (Å²) in [5.41, 5.74) is 1.59. The Morgan fingerprint density at radius 2 is 1.77 bits per heavy atom. The molecular formula is C19H21NO2. The number of carbonyl (C=O) groups excluding carboxylic acids is 1. The van der Waals surface area contributed by atoms with Crippen LogP contribution in [0, 0.1) is 0 Å². The maximum absolute atomic E-state index is 12.6. The monoisotopic (exact) mass is 295 g/mol. The van der Waals surface area contributed by atoms with E-state index in [2.05, 4.69) is 12.2 Å². The maximum atomic E-state index is 12.6. The number of amides is 1. The van der Waals surface area contributed by atoms with Crippen molar-refractivity contribution in [3.05, 3.63) is 60.2 Å². The highest BCUT2D eigenvalue weighted by Crippen LogP contribution is 2.48. The first-order valence-corrected chi connectivity index (χ1v) is 7.84. The molecule has 1 amide bonds. The van der Waals surface area contributed by atoms with Crippen molar-refractivity contribution in [2.75, 3.05) is 11.9 Å². The molecule has 0 radical (unpaired) electrons. The number of benzene rings is 2. The highest BCUT2D eigenvalue weighted by Gasteiger charge is 2.51. The van der Waals surface area contributed by atoms with E-state index in [0.717, 1.165) is 36.3 Å². The first-order chi connectivity index (χ1) is 10.7. The Bertz CT molecular complexity index is 630. The summed E-state index contributed by atoms with van der Waals surface area (Å²) in [4.78, 5) is 12.6. The molecule has 1 aliphatic carbocycles. The lowest BCUT2D eigenvalue weighted by Crippen LogP contribution is -2.27. The second-order valence-corrected chi connectivity index (χ2v) is 5.78. The number of carbonyl (C=O) groups is 1. The van der Waals surface area contributed by atoms with Crippen molar-refractivity contribution in [2.24, 2.45) is 0 Å². The largest absolute Gasteiger partial charge is 0.494 e. The molecule has 0 bridgehead atoms. The first kappa shape index (κ1) is 14.6. The molecule has 1 fully saturated rings. The molecule has 0 aliphatic heterocycles. The molecule has 1 saturated carbocycles. The molecule has 22 heavy (non-hydrogen) atoms. The van der Waals surface area contributed by atoms with Gasteiger partial charge in [0.25, 0.3) is 0 Å². The number of hydrogen-bond donors (Lipinski definition) is 1. The summed E-state index contributed by atoms with van der Waals surface area (Å²) in [7, 11) is 0. The van der Waals surface area contributed by atoms with Crippen molar-refractivity contribution in [3.8, 4) is 5.75 Å². The Balaban J connectivity index is 1.67. The summed E-state index contributed by atoms with van der Waals surface area (Å²) in [6.07, 6.45) is 2.82. The molecule has 3 heteroatoms. The van der Waals surface area contributed by atoms with Crippen molar-refractivity contribution in [1.29, 1.82) is 0 Å². The number of nitrogens with one attached hydrogen (secondary N) is 1. The van der Waals surface area contributed by atoms with E-state index in [9.17, 15) is 4.79 Å². The van der Waals surface area contributed by atoms with Crippen LogP contribution in [-0.2, 0) is 10.2 Å². The lowest BCUT2D eigenvalue weighted by atomic mass is 9.95. The van der Waals surface area contributed by atoms with Crippen LogP contribution in [0.25, 0.3) is 0 Å². The van der Waals surface area contributed by atoms with Crippen LogP contribution in [0.15, 0.2) is 54.6 Å². The number of hydrogen-bond acceptors (Lipinski definition) is 2. The van der Waals surface area contributed by atoms with Crippen LogP contribution in [0.2, 0.25) is 0 Å². The van der Waals surface area contributed by atoms with Gasteiger partial charge in [-0.25, -0.2) is 0 Å². The average Bonchev–Trinajstić information content (AvgIpc) is 3.37. The Hall–Kier alpha value is -2.29. The summed E-state index contributed by atoms with van der Waals surface area (Å²) in [6, 6.07) is 17.6. The molecule has 2 aromatic carbocycles. The van der Waals surface area contributed by atoms with Crippen LogP contribution in [0.5, 0.6) is 5.75 Å². The average molecular weight is 295 g/mol. The molecule has 3 nitrogen and oxygen atoms in total. The molecule has 0 atom stereocenters. The third-order valence-corrected chi connectivity index (χ3v) is 4.10. The zero-order chi connectivity index (χ0) is 15.4. The third-order valence-electron chi connectivity index (χ3n) is 4.10. The number of rotatable bonds is 6. The van der Waals surface area contributed by atoms with Crippen LogP contribution in [0.3, 0.4) is 0 Å². The molecule has 114 valence electrons. The minimum absolute atomic E-state index is 0.0842. The summed E-state index contributed by atoms with van der Waals surface area (Å²) in [5.74, 6) is 0.921. The zero-order valence-electron chi connectivity index (χ0n) is 12.8. The Labute approximate surface area is 131 Å². The zero-order valence-corrected chi connectivity index (χ0v) is 12.8. The van der Waals surface area contributed by atoms with Gasteiger partial charge in [-0.15, -0.1) is 0 Å². The smallest absolute Gasteiger partial charge is 0.235 e. The van der Waals surface area contributed by atoms with Crippen LogP contribution < -0.4 is 10.1 Å². The summed E-state index contributed by atoms with van der Waals surface area (Å²) in [6.45, 7) is 2.79. The van der Waals surface area contributed by atoms with Crippen molar-refractivity contribution < 1.29 is 9.53 Å². The Morgan fingerprint density at radius 3 is 2.36 bits per heavy atom. The van der Waals surface area contributed by atoms with E-state index in [1.165, 1.54) is 0 Å². The van der Waals surface area contributed by atoms with Gasteiger partial charge >= 0.3 is 0 Å².